The lowest BCUT2D eigenvalue weighted by Gasteiger charge is -2.21. The number of rotatable bonds is 11. The molecule has 0 radical (unpaired) electrons. The number of nitrogens with two attached hydrogens (primary N) is 1. The fourth-order valence-corrected chi connectivity index (χ4v) is 2.09. The van der Waals surface area contributed by atoms with Gasteiger partial charge in [0.1, 0.15) is 0 Å². The molecule has 1 rings (SSSR count). The molecule has 1 aromatic rings. The Hall–Kier alpha value is -1.42. The Kier molecular flexibility index (Phi) is 8.75. The van der Waals surface area contributed by atoms with Crippen LogP contribution in [0.5, 0.6) is 17.2 Å². The third kappa shape index (κ3) is 5.09. The van der Waals surface area contributed by atoms with E-state index < -0.39 is 0 Å². The highest BCUT2D eigenvalue weighted by Crippen LogP contribution is 2.43. The molecule has 22 heavy (non-hydrogen) atoms. The van der Waals surface area contributed by atoms with Crippen molar-refractivity contribution in [2.45, 2.75) is 59.4 Å². The Morgan fingerprint density at radius 1 is 0.818 bits per heavy atom. The van der Waals surface area contributed by atoms with Gasteiger partial charge in [0.2, 0.25) is 5.75 Å². The monoisotopic (exact) mass is 309 g/mol. The van der Waals surface area contributed by atoms with Crippen molar-refractivity contribution in [3.8, 4) is 17.2 Å². The van der Waals surface area contributed by atoms with E-state index in [1.54, 1.807) is 0 Å². The van der Waals surface area contributed by atoms with Gasteiger partial charge in [0.05, 0.1) is 19.8 Å². The third-order valence-electron chi connectivity index (χ3n) is 3.31. The van der Waals surface area contributed by atoms with Crippen LogP contribution >= 0.6 is 0 Å². The fraction of sp³-hybridized carbons (Fsp3) is 0.667. The molecule has 0 saturated carbocycles. The van der Waals surface area contributed by atoms with Crippen LogP contribution in [0.1, 0.15) is 65.0 Å². The van der Waals surface area contributed by atoms with Crippen molar-refractivity contribution in [2.75, 3.05) is 19.8 Å². The van der Waals surface area contributed by atoms with Crippen molar-refractivity contribution in [3.05, 3.63) is 17.7 Å². The molecule has 0 fully saturated rings. The zero-order chi connectivity index (χ0) is 16.4. The van der Waals surface area contributed by atoms with Gasteiger partial charge in [-0.15, -0.1) is 0 Å². The SMILES string of the molecule is CCCOc1ccc(C(N)CC)c(OCCC)c1OCCC. The summed E-state index contributed by atoms with van der Waals surface area (Å²) in [6, 6.07) is 3.89. The Morgan fingerprint density at radius 2 is 1.36 bits per heavy atom. The van der Waals surface area contributed by atoms with E-state index in [9.17, 15) is 0 Å². The van der Waals surface area contributed by atoms with Crippen molar-refractivity contribution >= 4 is 0 Å². The van der Waals surface area contributed by atoms with Crippen LogP contribution in [0.25, 0.3) is 0 Å². The maximum Gasteiger partial charge on any atom is 0.203 e. The molecule has 0 aliphatic carbocycles. The van der Waals surface area contributed by atoms with Gasteiger partial charge in [0.15, 0.2) is 11.5 Å². The van der Waals surface area contributed by atoms with Crippen LogP contribution in [-0.2, 0) is 0 Å². The van der Waals surface area contributed by atoms with Crippen LogP contribution in [0.4, 0.5) is 0 Å². The lowest BCUT2D eigenvalue weighted by atomic mass is 10.0. The smallest absolute Gasteiger partial charge is 0.203 e. The van der Waals surface area contributed by atoms with E-state index in [1.165, 1.54) is 0 Å². The standard InChI is InChI=1S/C18H31NO3/c1-5-11-20-16-10-9-14(15(19)8-4)17(21-12-6-2)18(16)22-13-7-3/h9-10,15H,5-8,11-13,19H2,1-4H3. The first kappa shape index (κ1) is 18.6. The second-order valence-corrected chi connectivity index (χ2v) is 5.37. The van der Waals surface area contributed by atoms with E-state index in [0.717, 1.165) is 42.7 Å². The van der Waals surface area contributed by atoms with E-state index in [0.29, 0.717) is 25.6 Å². The first-order valence-corrected chi connectivity index (χ1v) is 8.50. The zero-order valence-corrected chi connectivity index (χ0v) is 14.5. The van der Waals surface area contributed by atoms with Gasteiger partial charge < -0.3 is 19.9 Å². The summed E-state index contributed by atoms with van der Waals surface area (Å²) in [4.78, 5) is 0. The Morgan fingerprint density at radius 3 is 1.91 bits per heavy atom. The molecule has 0 aliphatic heterocycles. The molecule has 0 saturated heterocycles. The number of hydrogen-bond acceptors (Lipinski definition) is 4. The Bertz CT molecular complexity index is 435. The molecule has 2 N–H and O–H groups in total. The summed E-state index contributed by atoms with van der Waals surface area (Å²) in [5.41, 5.74) is 7.23. The molecule has 4 nitrogen and oxygen atoms in total. The summed E-state index contributed by atoms with van der Waals surface area (Å²) in [6.45, 7) is 10.3. The van der Waals surface area contributed by atoms with Crippen molar-refractivity contribution in [2.24, 2.45) is 5.73 Å². The summed E-state index contributed by atoms with van der Waals surface area (Å²) in [6.07, 6.45) is 3.68. The number of hydrogen-bond donors (Lipinski definition) is 1. The van der Waals surface area contributed by atoms with E-state index in [-0.39, 0.29) is 6.04 Å². The minimum atomic E-state index is -0.0592. The molecule has 0 aromatic heterocycles. The maximum atomic E-state index is 6.24. The highest BCUT2D eigenvalue weighted by atomic mass is 16.5. The lowest BCUT2D eigenvalue weighted by molar-refractivity contribution is 0.240. The summed E-state index contributed by atoms with van der Waals surface area (Å²) >= 11 is 0. The minimum absolute atomic E-state index is 0.0592. The van der Waals surface area contributed by atoms with Crippen LogP contribution < -0.4 is 19.9 Å². The topological polar surface area (TPSA) is 53.7 Å². The molecule has 126 valence electrons. The molecule has 0 spiro atoms. The molecular formula is C18H31NO3. The van der Waals surface area contributed by atoms with E-state index in [1.807, 2.05) is 12.1 Å². The summed E-state index contributed by atoms with van der Waals surface area (Å²) < 4.78 is 17.7. The first-order chi connectivity index (χ1) is 10.7. The average Bonchev–Trinajstić information content (AvgIpc) is 2.55. The zero-order valence-electron chi connectivity index (χ0n) is 14.5. The Balaban J connectivity index is 3.23. The predicted molar refractivity (Wildman–Crippen MR) is 91.0 cm³/mol. The van der Waals surface area contributed by atoms with Crippen molar-refractivity contribution in [1.29, 1.82) is 0 Å². The highest BCUT2D eigenvalue weighted by molar-refractivity contribution is 5.56. The van der Waals surface area contributed by atoms with Crippen LogP contribution in [-0.4, -0.2) is 19.8 Å². The van der Waals surface area contributed by atoms with Gasteiger partial charge in [-0.1, -0.05) is 27.7 Å². The van der Waals surface area contributed by atoms with Crippen LogP contribution in [0.2, 0.25) is 0 Å². The number of benzene rings is 1. The van der Waals surface area contributed by atoms with Gasteiger partial charge in [-0.25, -0.2) is 0 Å². The molecular weight excluding hydrogens is 278 g/mol. The summed E-state index contributed by atoms with van der Waals surface area (Å²) in [5, 5.41) is 0. The summed E-state index contributed by atoms with van der Waals surface area (Å²) in [5.74, 6) is 2.19. The van der Waals surface area contributed by atoms with E-state index in [2.05, 4.69) is 27.7 Å². The first-order valence-electron chi connectivity index (χ1n) is 8.50. The highest BCUT2D eigenvalue weighted by Gasteiger charge is 2.20. The predicted octanol–water partition coefficient (Wildman–Crippen LogP) is 4.46. The van der Waals surface area contributed by atoms with Crippen molar-refractivity contribution in [1.82, 2.24) is 0 Å². The van der Waals surface area contributed by atoms with Crippen molar-refractivity contribution in [3.63, 3.8) is 0 Å². The lowest BCUT2D eigenvalue weighted by Crippen LogP contribution is -2.13. The van der Waals surface area contributed by atoms with Crippen LogP contribution in [0.3, 0.4) is 0 Å². The number of ether oxygens (including phenoxy) is 3. The van der Waals surface area contributed by atoms with Gasteiger partial charge in [0, 0.05) is 11.6 Å². The van der Waals surface area contributed by atoms with Gasteiger partial charge >= 0.3 is 0 Å². The molecule has 0 heterocycles. The van der Waals surface area contributed by atoms with Gasteiger partial charge in [-0.3, -0.25) is 0 Å². The maximum absolute atomic E-state index is 6.24. The molecule has 0 bridgehead atoms. The molecule has 0 amide bonds. The summed E-state index contributed by atoms with van der Waals surface area (Å²) in [7, 11) is 0. The van der Waals surface area contributed by atoms with Gasteiger partial charge in [-0.2, -0.15) is 0 Å². The second kappa shape index (κ2) is 10.3. The minimum Gasteiger partial charge on any atom is -0.490 e. The normalized spacial score (nSPS) is 12.0. The quantitative estimate of drug-likeness (QED) is 0.655. The molecule has 1 aromatic carbocycles. The second-order valence-electron chi connectivity index (χ2n) is 5.37. The average molecular weight is 309 g/mol. The Labute approximate surface area is 134 Å². The third-order valence-corrected chi connectivity index (χ3v) is 3.31. The van der Waals surface area contributed by atoms with E-state index in [4.69, 9.17) is 19.9 Å². The molecule has 4 heteroatoms. The molecule has 1 unspecified atom stereocenters. The fourth-order valence-electron chi connectivity index (χ4n) is 2.09. The van der Waals surface area contributed by atoms with Gasteiger partial charge in [0.25, 0.3) is 0 Å². The van der Waals surface area contributed by atoms with Gasteiger partial charge in [-0.05, 0) is 37.8 Å². The van der Waals surface area contributed by atoms with Crippen molar-refractivity contribution < 1.29 is 14.2 Å². The van der Waals surface area contributed by atoms with Crippen LogP contribution in [0, 0.1) is 0 Å². The molecule has 0 aliphatic rings. The molecule has 1 atom stereocenters. The largest absolute Gasteiger partial charge is 0.490 e. The van der Waals surface area contributed by atoms with Crippen LogP contribution in [0.15, 0.2) is 12.1 Å². The van der Waals surface area contributed by atoms with E-state index >= 15 is 0 Å².